The Balaban J connectivity index is 1.82. The number of carbonyl (C=O) groups is 1. The first-order valence-corrected chi connectivity index (χ1v) is 8.00. The predicted molar refractivity (Wildman–Crippen MR) is 86.4 cm³/mol. The molecular weight excluding hydrogens is 351 g/mol. The van der Waals surface area contributed by atoms with Crippen molar-refractivity contribution < 1.29 is 4.79 Å². The van der Waals surface area contributed by atoms with Gasteiger partial charge < -0.3 is 10.6 Å². The molecule has 0 spiro atoms. The summed E-state index contributed by atoms with van der Waals surface area (Å²) >= 11 is 2.22. The number of rotatable bonds is 4. The Morgan fingerprint density at radius 2 is 2.37 bits per heavy atom. The van der Waals surface area contributed by atoms with Crippen molar-refractivity contribution in [1.29, 1.82) is 0 Å². The molecule has 1 unspecified atom stereocenters. The highest BCUT2D eigenvalue weighted by molar-refractivity contribution is 14.1. The minimum atomic E-state index is 0.0527. The molecule has 2 N–H and O–H groups in total. The molecule has 1 atom stereocenters. The number of carbonyl (C=O) groups excluding carboxylic acids is 1. The van der Waals surface area contributed by atoms with Crippen LogP contribution in [-0.4, -0.2) is 25.5 Å². The Hall–Kier alpha value is -0.620. The molecule has 1 aromatic rings. The van der Waals surface area contributed by atoms with Crippen LogP contribution in [0, 0.1) is 16.4 Å². The van der Waals surface area contributed by atoms with Gasteiger partial charge in [0.2, 0.25) is 0 Å². The van der Waals surface area contributed by atoms with Crippen molar-refractivity contribution in [3.05, 3.63) is 32.9 Å². The van der Waals surface area contributed by atoms with Gasteiger partial charge in [0, 0.05) is 10.1 Å². The van der Waals surface area contributed by atoms with Gasteiger partial charge in [-0.3, -0.25) is 4.79 Å². The number of amides is 1. The molecule has 1 heterocycles. The molecule has 1 aliphatic rings. The number of piperidine rings is 1. The van der Waals surface area contributed by atoms with Gasteiger partial charge in [0.25, 0.3) is 5.91 Å². The fourth-order valence-corrected chi connectivity index (χ4v) is 3.05. The molecule has 19 heavy (non-hydrogen) atoms. The molecule has 0 bridgehead atoms. The minimum absolute atomic E-state index is 0.0527. The Morgan fingerprint density at radius 1 is 1.53 bits per heavy atom. The van der Waals surface area contributed by atoms with Crippen molar-refractivity contribution in [3.8, 4) is 0 Å². The van der Waals surface area contributed by atoms with E-state index in [2.05, 4.69) is 33.2 Å². The number of nitrogens with one attached hydrogen (secondary N) is 2. The number of aryl methyl sites for hydroxylation is 1. The molecule has 0 aliphatic carbocycles. The maximum absolute atomic E-state index is 12.1. The lowest BCUT2D eigenvalue weighted by Gasteiger charge is -2.22. The van der Waals surface area contributed by atoms with Crippen molar-refractivity contribution in [1.82, 2.24) is 10.6 Å². The number of benzene rings is 1. The highest BCUT2D eigenvalue weighted by atomic mass is 127. The molecule has 4 heteroatoms. The molecule has 3 nitrogen and oxygen atoms in total. The van der Waals surface area contributed by atoms with Crippen LogP contribution in [-0.2, 0) is 0 Å². The van der Waals surface area contributed by atoms with E-state index in [0.29, 0.717) is 5.92 Å². The average Bonchev–Trinajstić information content (AvgIpc) is 2.42. The second-order valence-corrected chi connectivity index (χ2v) is 6.40. The van der Waals surface area contributed by atoms with Crippen LogP contribution in [0.15, 0.2) is 18.2 Å². The van der Waals surface area contributed by atoms with Crippen LogP contribution < -0.4 is 10.6 Å². The maximum Gasteiger partial charge on any atom is 0.252 e. The van der Waals surface area contributed by atoms with E-state index in [0.717, 1.165) is 40.8 Å². The van der Waals surface area contributed by atoms with Crippen LogP contribution in [0.1, 0.15) is 35.2 Å². The molecule has 1 fully saturated rings. The molecule has 1 aromatic carbocycles. The highest BCUT2D eigenvalue weighted by Crippen LogP contribution is 2.15. The van der Waals surface area contributed by atoms with Gasteiger partial charge in [-0.2, -0.15) is 0 Å². The van der Waals surface area contributed by atoms with Crippen molar-refractivity contribution in [3.63, 3.8) is 0 Å². The fraction of sp³-hybridized carbons (Fsp3) is 0.533. The quantitative estimate of drug-likeness (QED) is 0.799. The van der Waals surface area contributed by atoms with Crippen molar-refractivity contribution in [2.24, 2.45) is 5.92 Å². The Labute approximate surface area is 128 Å². The molecule has 0 saturated carbocycles. The topological polar surface area (TPSA) is 41.1 Å². The third kappa shape index (κ3) is 4.45. The van der Waals surface area contributed by atoms with Gasteiger partial charge in [-0.05, 0) is 79.9 Å². The zero-order valence-corrected chi connectivity index (χ0v) is 13.5. The van der Waals surface area contributed by atoms with Crippen molar-refractivity contribution in [2.75, 3.05) is 19.6 Å². The van der Waals surface area contributed by atoms with E-state index in [1.807, 2.05) is 25.1 Å². The summed E-state index contributed by atoms with van der Waals surface area (Å²) in [5.74, 6) is 0.766. The minimum Gasteiger partial charge on any atom is -0.352 e. The first-order chi connectivity index (χ1) is 9.16. The van der Waals surface area contributed by atoms with Gasteiger partial charge in [-0.25, -0.2) is 0 Å². The number of halogens is 1. The van der Waals surface area contributed by atoms with E-state index in [1.54, 1.807) is 0 Å². The summed E-state index contributed by atoms with van der Waals surface area (Å²) in [5, 5.41) is 6.45. The standard InChI is InChI=1S/C15H21IN2O/c1-11-4-5-14(16)13(9-11)15(19)18-8-6-12-3-2-7-17-10-12/h4-5,9,12,17H,2-3,6-8,10H2,1H3,(H,18,19). The molecule has 2 rings (SSSR count). The molecular formula is C15H21IN2O. The summed E-state index contributed by atoms with van der Waals surface area (Å²) in [6, 6.07) is 5.99. The van der Waals surface area contributed by atoms with Crippen LogP contribution in [0.4, 0.5) is 0 Å². The highest BCUT2D eigenvalue weighted by Gasteiger charge is 2.14. The summed E-state index contributed by atoms with van der Waals surface area (Å²) in [7, 11) is 0. The fourth-order valence-electron chi connectivity index (χ4n) is 2.47. The van der Waals surface area contributed by atoms with Crippen molar-refractivity contribution in [2.45, 2.75) is 26.2 Å². The molecule has 1 aliphatic heterocycles. The van der Waals surface area contributed by atoms with Gasteiger partial charge in [-0.15, -0.1) is 0 Å². The van der Waals surface area contributed by atoms with E-state index in [9.17, 15) is 4.79 Å². The zero-order chi connectivity index (χ0) is 13.7. The summed E-state index contributed by atoms with van der Waals surface area (Å²) in [5.41, 5.74) is 1.92. The third-order valence-corrected chi connectivity index (χ3v) is 4.54. The molecule has 1 amide bonds. The van der Waals surface area contributed by atoms with E-state index < -0.39 is 0 Å². The second-order valence-electron chi connectivity index (χ2n) is 5.24. The molecule has 104 valence electrons. The lowest BCUT2D eigenvalue weighted by molar-refractivity contribution is 0.0949. The lowest BCUT2D eigenvalue weighted by Crippen LogP contribution is -2.33. The SMILES string of the molecule is Cc1ccc(I)c(C(=O)NCCC2CCCNC2)c1. The summed E-state index contributed by atoms with van der Waals surface area (Å²) in [6.07, 6.45) is 3.61. The van der Waals surface area contributed by atoms with E-state index in [-0.39, 0.29) is 5.91 Å². The zero-order valence-electron chi connectivity index (χ0n) is 11.3. The first-order valence-electron chi connectivity index (χ1n) is 6.92. The Bertz CT molecular complexity index is 442. The summed E-state index contributed by atoms with van der Waals surface area (Å²) in [4.78, 5) is 12.1. The smallest absolute Gasteiger partial charge is 0.252 e. The second kappa shape index (κ2) is 7.24. The average molecular weight is 372 g/mol. The van der Waals surface area contributed by atoms with E-state index >= 15 is 0 Å². The van der Waals surface area contributed by atoms with Gasteiger partial charge in [-0.1, -0.05) is 11.6 Å². The van der Waals surface area contributed by atoms with E-state index in [1.165, 1.54) is 12.8 Å². The largest absolute Gasteiger partial charge is 0.352 e. The maximum atomic E-state index is 12.1. The van der Waals surface area contributed by atoms with Crippen LogP contribution in [0.5, 0.6) is 0 Å². The third-order valence-electron chi connectivity index (χ3n) is 3.60. The lowest BCUT2D eigenvalue weighted by atomic mass is 9.96. The molecule has 1 saturated heterocycles. The van der Waals surface area contributed by atoms with Crippen LogP contribution in [0.25, 0.3) is 0 Å². The normalized spacial score (nSPS) is 19.2. The number of hydrogen-bond acceptors (Lipinski definition) is 2. The molecule has 0 radical (unpaired) electrons. The van der Waals surface area contributed by atoms with Gasteiger partial charge >= 0.3 is 0 Å². The molecule has 0 aromatic heterocycles. The van der Waals surface area contributed by atoms with E-state index in [4.69, 9.17) is 0 Å². The van der Waals surface area contributed by atoms with Crippen LogP contribution in [0.3, 0.4) is 0 Å². The summed E-state index contributed by atoms with van der Waals surface area (Å²) in [6.45, 7) is 5.03. The number of hydrogen-bond donors (Lipinski definition) is 2. The Kier molecular flexibility index (Phi) is 5.63. The van der Waals surface area contributed by atoms with Crippen LogP contribution >= 0.6 is 22.6 Å². The first kappa shape index (κ1) is 14.8. The van der Waals surface area contributed by atoms with Crippen LogP contribution in [0.2, 0.25) is 0 Å². The van der Waals surface area contributed by atoms with Gasteiger partial charge in [0.05, 0.1) is 5.56 Å². The van der Waals surface area contributed by atoms with Gasteiger partial charge in [0.1, 0.15) is 0 Å². The predicted octanol–water partition coefficient (Wildman–Crippen LogP) is 2.72. The monoisotopic (exact) mass is 372 g/mol. The van der Waals surface area contributed by atoms with Gasteiger partial charge in [0.15, 0.2) is 0 Å². The summed E-state index contributed by atoms with van der Waals surface area (Å²) < 4.78 is 1.01. The van der Waals surface area contributed by atoms with Crippen molar-refractivity contribution >= 4 is 28.5 Å². The Morgan fingerprint density at radius 3 is 3.11 bits per heavy atom.